The number of hydrogen-bond acceptors (Lipinski definition) is 4. The molecule has 0 bridgehead atoms. The average molecular weight is 483 g/mol. The Kier molecular flexibility index (Phi) is 8.52. The van der Waals surface area contributed by atoms with Crippen LogP contribution in [0.5, 0.6) is 0 Å². The third kappa shape index (κ3) is 7.12. The van der Waals surface area contributed by atoms with E-state index in [4.69, 9.17) is 4.98 Å². The molecule has 0 unspecified atom stereocenters. The molecule has 0 aliphatic carbocycles. The summed E-state index contributed by atoms with van der Waals surface area (Å²) in [5, 5.41) is 3.44. The Morgan fingerprint density at radius 3 is 2.51 bits per heavy atom. The van der Waals surface area contributed by atoms with Crippen LogP contribution in [0.3, 0.4) is 0 Å². The third-order valence-corrected chi connectivity index (χ3v) is 6.67. The number of rotatable bonds is 9. The van der Waals surface area contributed by atoms with Crippen molar-refractivity contribution in [2.24, 2.45) is 0 Å². The lowest BCUT2D eigenvalue weighted by Gasteiger charge is -2.34. The zero-order chi connectivity index (χ0) is 24.7. The van der Waals surface area contributed by atoms with Crippen LogP contribution in [0.25, 0.3) is 11.3 Å². The molecule has 1 fully saturated rings. The Morgan fingerprint density at radius 2 is 1.74 bits per heavy atom. The zero-order valence-electron chi connectivity index (χ0n) is 20.2. The number of aromatic nitrogens is 2. The van der Waals surface area contributed by atoms with E-state index in [1.54, 1.807) is 12.3 Å². The molecule has 4 nitrogen and oxygen atoms in total. The van der Waals surface area contributed by atoms with Crippen LogP contribution in [0.2, 0.25) is 0 Å². The average Bonchev–Trinajstić information content (AvgIpc) is 2.88. The molecule has 2 heterocycles. The van der Waals surface area contributed by atoms with Gasteiger partial charge >= 0.3 is 6.18 Å². The van der Waals surface area contributed by atoms with E-state index in [2.05, 4.69) is 46.4 Å². The highest BCUT2D eigenvalue weighted by atomic mass is 19.4. The van der Waals surface area contributed by atoms with Crippen molar-refractivity contribution >= 4 is 0 Å². The molecule has 0 spiro atoms. The third-order valence-electron chi connectivity index (χ3n) is 6.67. The van der Waals surface area contributed by atoms with Crippen molar-refractivity contribution in [1.29, 1.82) is 0 Å². The number of alkyl halides is 3. The highest BCUT2D eigenvalue weighted by Crippen LogP contribution is 2.30. The molecule has 1 aromatic heterocycles. The summed E-state index contributed by atoms with van der Waals surface area (Å²) in [5.74, 6) is 0.713. The lowest BCUT2D eigenvalue weighted by molar-refractivity contribution is -0.137. The highest BCUT2D eigenvalue weighted by molar-refractivity contribution is 5.59. The van der Waals surface area contributed by atoms with E-state index < -0.39 is 11.7 Å². The van der Waals surface area contributed by atoms with E-state index in [1.165, 1.54) is 30.5 Å². The first-order valence-electron chi connectivity index (χ1n) is 12.4. The lowest BCUT2D eigenvalue weighted by atomic mass is 10.0. The van der Waals surface area contributed by atoms with Crippen molar-refractivity contribution in [1.82, 2.24) is 20.2 Å². The first kappa shape index (κ1) is 25.3. The van der Waals surface area contributed by atoms with Gasteiger partial charge in [-0.1, -0.05) is 43.3 Å². The summed E-state index contributed by atoms with van der Waals surface area (Å²) in [5.41, 5.74) is 3.28. The Balaban J connectivity index is 1.39. The van der Waals surface area contributed by atoms with E-state index in [0.717, 1.165) is 43.5 Å². The fraction of sp³-hybridized carbons (Fsp3) is 0.429. The topological polar surface area (TPSA) is 41.1 Å². The number of halogens is 3. The molecule has 1 aliphatic rings. The van der Waals surface area contributed by atoms with Crippen LogP contribution in [0.15, 0.2) is 60.8 Å². The number of benzene rings is 2. The van der Waals surface area contributed by atoms with Gasteiger partial charge in [0.15, 0.2) is 0 Å². The van der Waals surface area contributed by atoms with Crippen molar-refractivity contribution in [3.05, 3.63) is 83.3 Å². The number of nitrogens with one attached hydrogen (secondary N) is 1. The summed E-state index contributed by atoms with van der Waals surface area (Å²) in [6, 6.07) is 16.6. The van der Waals surface area contributed by atoms with E-state index in [9.17, 15) is 13.2 Å². The SMILES string of the molecule is CCN(Cc1cccc(-c2ccnc(CCCc3cccc(C(F)(F)F)c3)n2)c1)C1CCNCC1. The Bertz CT molecular complexity index is 1090. The minimum atomic E-state index is -4.32. The highest BCUT2D eigenvalue weighted by Gasteiger charge is 2.30. The molecule has 186 valence electrons. The Morgan fingerprint density at radius 1 is 0.971 bits per heavy atom. The van der Waals surface area contributed by atoms with Crippen LogP contribution in [-0.2, 0) is 25.6 Å². The number of hydrogen-bond donors (Lipinski definition) is 1. The molecule has 1 saturated heterocycles. The first-order chi connectivity index (χ1) is 16.9. The van der Waals surface area contributed by atoms with Crippen LogP contribution in [0.1, 0.15) is 48.7 Å². The molecule has 0 saturated carbocycles. The van der Waals surface area contributed by atoms with Crippen LogP contribution in [0, 0.1) is 0 Å². The summed E-state index contributed by atoms with van der Waals surface area (Å²) >= 11 is 0. The molecule has 4 rings (SSSR count). The second-order valence-corrected chi connectivity index (χ2v) is 9.15. The molecule has 1 aliphatic heterocycles. The molecule has 3 aromatic rings. The van der Waals surface area contributed by atoms with Gasteiger partial charge in [0.25, 0.3) is 0 Å². The molecular weight excluding hydrogens is 449 g/mol. The van der Waals surface area contributed by atoms with Crippen molar-refractivity contribution in [2.45, 2.75) is 57.8 Å². The molecule has 2 aromatic carbocycles. The summed E-state index contributed by atoms with van der Waals surface area (Å²) in [4.78, 5) is 11.7. The monoisotopic (exact) mass is 482 g/mol. The van der Waals surface area contributed by atoms with Crippen molar-refractivity contribution in [2.75, 3.05) is 19.6 Å². The van der Waals surface area contributed by atoms with E-state index in [1.807, 2.05) is 6.07 Å². The van der Waals surface area contributed by atoms with Crippen LogP contribution < -0.4 is 5.32 Å². The van der Waals surface area contributed by atoms with Gasteiger partial charge < -0.3 is 5.32 Å². The second kappa shape index (κ2) is 11.8. The van der Waals surface area contributed by atoms with E-state index in [-0.39, 0.29) is 0 Å². The number of nitrogens with zero attached hydrogens (tertiary/aromatic N) is 3. The molecule has 7 heteroatoms. The smallest absolute Gasteiger partial charge is 0.317 e. The lowest BCUT2D eigenvalue weighted by Crippen LogP contribution is -2.42. The summed E-state index contributed by atoms with van der Waals surface area (Å²) in [6.07, 6.45) is 1.67. The van der Waals surface area contributed by atoms with Crippen LogP contribution in [-0.4, -0.2) is 40.5 Å². The molecule has 0 radical (unpaired) electrons. The Hall–Kier alpha value is -2.77. The maximum Gasteiger partial charge on any atom is 0.416 e. The summed E-state index contributed by atoms with van der Waals surface area (Å²) < 4.78 is 38.8. The molecule has 0 amide bonds. The van der Waals surface area contributed by atoms with E-state index in [0.29, 0.717) is 36.7 Å². The van der Waals surface area contributed by atoms with Gasteiger partial charge in [-0.25, -0.2) is 9.97 Å². The maximum absolute atomic E-state index is 12.9. The van der Waals surface area contributed by atoms with Crippen LogP contribution >= 0.6 is 0 Å². The van der Waals surface area contributed by atoms with Gasteiger partial charge in [0, 0.05) is 30.8 Å². The predicted molar refractivity (Wildman–Crippen MR) is 133 cm³/mol. The van der Waals surface area contributed by atoms with Gasteiger partial charge in [0.2, 0.25) is 0 Å². The quantitative estimate of drug-likeness (QED) is 0.412. The van der Waals surface area contributed by atoms with E-state index >= 15 is 0 Å². The maximum atomic E-state index is 12.9. The first-order valence-corrected chi connectivity index (χ1v) is 12.4. The summed E-state index contributed by atoms with van der Waals surface area (Å²) in [7, 11) is 0. The molecular formula is C28H33F3N4. The van der Waals surface area contributed by atoms with Gasteiger partial charge in [-0.3, -0.25) is 4.90 Å². The van der Waals surface area contributed by atoms with Gasteiger partial charge in [0.1, 0.15) is 5.82 Å². The predicted octanol–water partition coefficient (Wildman–Crippen LogP) is 5.91. The normalized spacial score (nSPS) is 15.0. The van der Waals surface area contributed by atoms with Crippen LogP contribution in [0.4, 0.5) is 13.2 Å². The molecule has 35 heavy (non-hydrogen) atoms. The van der Waals surface area contributed by atoms with Gasteiger partial charge in [0.05, 0.1) is 11.3 Å². The Labute approximate surface area is 205 Å². The fourth-order valence-corrected chi connectivity index (χ4v) is 4.77. The second-order valence-electron chi connectivity index (χ2n) is 9.15. The van der Waals surface area contributed by atoms with Crippen molar-refractivity contribution < 1.29 is 13.2 Å². The zero-order valence-corrected chi connectivity index (χ0v) is 20.2. The van der Waals surface area contributed by atoms with Gasteiger partial charge in [-0.2, -0.15) is 13.2 Å². The van der Waals surface area contributed by atoms with Gasteiger partial charge in [-0.05, 0) is 74.6 Å². The minimum Gasteiger partial charge on any atom is -0.317 e. The molecule has 1 N–H and O–H groups in total. The largest absolute Gasteiger partial charge is 0.416 e. The number of piperidine rings is 1. The molecule has 0 atom stereocenters. The standard InChI is InChI=1S/C28H33F3N4/c1-2-35(25-12-15-32-16-13-25)20-22-8-3-9-23(18-22)26-14-17-33-27(34-26)11-5-7-21-6-4-10-24(19-21)28(29,30)31/h3-4,6,8-10,14,17-19,25,32H,2,5,7,11-13,15-16,20H2,1H3. The summed E-state index contributed by atoms with van der Waals surface area (Å²) in [6.45, 7) is 6.34. The van der Waals surface area contributed by atoms with Crippen molar-refractivity contribution in [3.8, 4) is 11.3 Å². The fourth-order valence-electron chi connectivity index (χ4n) is 4.77. The number of aryl methyl sites for hydroxylation is 2. The minimum absolute atomic E-state index is 0.552. The van der Waals surface area contributed by atoms with Gasteiger partial charge in [-0.15, -0.1) is 0 Å². The van der Waals surface area contributed by atoms with Crippen molar-refractivity contribution in [3.63, 3.8) is 0 Å².